The van der Waals surface area contributed by atoms with Gasteiger partial charge in [-0.25, -0.2) is 0 Å². The van der Waals surface area contributed by atoms with Crippen molar-refractivity contribution < 1.29 is 19.5 Å². The van der Waals surface area contributed by atoms with Gasteiger partial charge in [0.2, 0.25) is 11.8 Å². The van der Waals surface area contributed by atoms with Crippen LogP contribution in [0.2, 0.25) is 0 Å². The van der Waals surface area contributed by atoms with E-state index < -0.39 is 17.9 Å². The molecular weight excluding hydrogens is 262 g/mol. The van der Waals surface area contributed by atoms with Crippen LogP contribution < -0.4 is 10.6 Å². The number of rotatable bonds is 7. The fourth-order valence-corrected chi connectivity index (χ4v) is 1.39. The van der Waals surface area contributed by atoms with Crippen molar-refractivity contribution in [2.24, 2.45) is 0 Å². The lowest BCUT2D eigenvalue weighted by molar-refractivity contribution is -0.141. The van der Waals surface area contributed by atoms with Crippen LogP contribution in [0.15, 0.2) is 24.5 Å². The van der Waals surface area contributed by atoms with Gasteiger partial charge in [0.15, 0.2) is 0 Å². The average molecular weight is 279 g/mol. The molecule has 1 unspecified atom stereocenters. The van der Waals surface area contributed by atoms with Crippen molar-refractivity contribution in [1.29, 1.82) is 0 Å². The lowest BCUT2D eigenvalue weighted by Gasteiger charge is -2.09. The standard InChI is InChI=1S/C13H17N3O4/c1-9(13(19)20)16-12(18)3-2-11(17)15-8-10-4-6-14-7-5-10/h4-7,9H,2-3,8H2,1H3,(H,15,17)(H,16,18)(H,19,20). The number of carboxylic acids is 1. The summed E-state index contributed by atoms with van der Waals surface area (Å²) in [7, 11) is 0. The highest BCUT2D eigenvalue weighted by Crippen LogP contribution is 1.97. The fourth-order valence-electron chi connectivity index (χ4n) is 1.39. The van der Waals surface area contributed by atoms with Crippen LogP contribution >= 0.6 is 0 Å². The van der Waals surface area contributed by atoms with Crippen LogP contribution in [0.3, 0.4) is 0 Å². The van der Waals surface area contributed by atoms with Gasteiger partial charge in [-0.2, -0.15) is 0 Å². The van der Waals surface area contributed by atoms with Gasteiger partial charge in [-0.15, -0.1) is 0 Å². The van der Waals surface area contributed by atoms with Gasteiger partial charge in [-0.05, 0) is 24.6 Å². The lowest BCUT2D eigenvalue weighted by Crippen LogP contribution is -2.38. The third kappa shape index (κ3) is 5.94. The number of hydrogen-bond donors (Lipinski definition) is 3. The first-order valence-electron chi connectivity index (χ1n) is 6.17. The zero-order valence-electron chi connectivity index (χ0n) is 11.1. The minimum Gasteiger partial charge on any atom is -0.480 e. The highest BCUT2D eigenvalue weighted by Gasteiger charge is 2.14. The largest absolute Gasteiger partial charge is 0.480 e. The summed E-state index contributed by atoms with van der Waals surface area (Å²) in [5.41, 5.74) is 0.914. The van der Waals surface area contributed by atoms with E-state index in [1.165, 1.54) is 6.92 Å². The van der Waals surface area contributed by atoms with E-state index in [0.717, 1.165) is 5.56 Å². The lowest BCUT2D eigenvalue weighted by atomic mass is 10.2. The number of nitrogens with zero attached hydrogens (tertiary/aromatic N) is 1. The molecule has 1 rings (SSSR count). The molecule has 0 bridgehead atoms. The SMILES string of the molecule is CC(NC(=O)CCC(=O)NCc1ccncc1)C(=O)O. The molecule has 0 aliphatic rings. The third-order valence-electron chi connectivity index (χ3n) is 2.57. The van der Waals surface area contributed by atoms with Crippen LogP contribution in [0.4, 0.5) is 0 Å². The highest BCUT2D eigenvalue weighted by molar-refractivity contribution is 5.86. The van der Waals surface area contributed by atoms with Crippen molar-refractivity contribution in [2.75, 3.05) is 0 Å². The van der Waals surface area contributed by atoms with Crippen molar-refractivity contribution in [2.45, 2.75) is 32.4 Å². The van der Waals surface area contributed by atoms with Gasteiger partial charge < -0.3 is 15.7 Å². The summed E-state index contributed by atoms with van der Waals surface area (Å²) in [6, 6.07) is 2.60. The second kappa shape index (κ2) is 7.88. The number of nitrogens with one attached hydrogen (secondary N) is 2. The summed E-state index contributed by atoms with van der Waals surface area (Å²) in [5.74, 6) is -1.83. The monoisotopic (exact) mass is 279 g/mol. The molecule has 1 aromatic rings. The molecule has 0 radical (unpaired) electrons. The van der Waals surface area contributed by atoms with E-state index >= 15 is 0 Å². The zero-order valence-corrected chi connectivity index (χ0v) is 11.1. The number of carbonyl (C=O) groups is 3. The first kappa shape index (κ1) is 15.6. The molecule has 108 valence electrons. The molecule has 0 saturated carbocycles. The molecule has 0 aliphatic carbocycles. The Morgan fingerprint density at radius 1 is 1.20 bits per heavy atom. The predicted octanol–water partition coefficient (Wildman–Crippen LogP) is 0.0673. The quantitative estimate of drug-likeness (QED) is 0.654. The molecule has 20 heavy (non-hydrogen) atoms. The number of amides is 2. The normalized spacial score (nSPS) is 11.4. The van der Waals surface area contributed by atoms with E-state index in [9.17, 15) is 14.4 Å². The molecule has 7 nitrogen and oxygen atoms in total. The minimum absolute atomic E-state index is 0.0171. The van der Waals surface area contributed by atoms with Gasteiger partial charge >= 0.3 is 5.97 Å². The van der Waals surface area contributed by atoms with Gasteiger partial charge in [0, 0.05) is 31.8 Å². The Hall–Kier alpha value is -2.44. The highest BCUT2D eigenvalue weighted by atomic mass is 16.4. The van der Waals surface area contributed by atoms with E-state index in [1.54, 1.807) is 24.5 Å². The van der Waals surface area contributed by atoms with Gasteiger partial charge in [0.1, 0.15) is 6.04 Å². The van der Waals surface area contributed by atoms with E-state index in [2.05, 4.69) is 15.6 Å². The van der Waals surface area contributed by atoms with Gasteiger partial charge in [-0.1, -0.05) is 0 Å². The van der Waals surface area contributed by atoms with E-state index in [0.29, 0.717) is 6.54 Å². The smallest absolute Gasteiger partial charge is 0.325 e. The summed E-state index contributed by atoms with van der Waals surface area (Å²) < 4.78 is 0. The zero-order chi connectivity index (χ0) is 15.0. The van der Waals surface area contributed by atoms with Crippen molar-refractivity contribution in [3.63, 3.8) is 0 Å². The summed E-state index contributed by atoms with van der Waals surface area (Å²) in [6.45, 7) is 1.73. The van der Waals surface area contributed by atoms with E-state index in [1.807, 2.05) is 0 Å². The fraction of sp³-hybridized carbons (Fsp3) is 0.385. The van der Waals surface area contributed by atoms with Crippen LogP contribution in [0, 0.1) is 0 Å². The average Bonchev–Trinajstić information content (AvgIpc) is 2.43. The molecule has 0 saturated heterocycles. The Kier molecular flexibility index (Phi) is 6.15. The molecule has 1 atom stereocenters. The van der Waals surface area contributed by atoms with Crippen LogP contribution in [-0.4, -0.2) is 33.9 Å². The predicted molar refractivity (Wildman–Crippen MR) is 70.6 cm³/mol. The Morgan fingerprint density at radius 2 is 1.80 bits per heavy atom. The summed E-state index contributed by atoms with van der Waals surface area (Å²) in [4.78, 5) is 37.3. The molecule has 1 aromatic heterocycles. The third-order valence-corrected chi connectivity index (χ3v) is 2.57. The molecule has 0 aromatic carbocycles. The number of aliphatic carboxylic acids is 1. The topological polar surface area (TPSA) is 108 Å². The van der Waals surface area contributed by atoms with Gasteiger partial charge in [-0.3, -0.25) is 19.4 Å². The van der Waals surface area contributed by atoms with Crippen molar-refractivity contribution in [1.82, 2.24) is 15.6 Å². The Balaban J connectivity index is 2.23. The van der Waals surface area contributed by atoms with Crippen LogP contribution in [0.1, 0.15) is 25.3 Å². The number of pyridine rings is 1. The molecule has 0 aliphatic heterocycles. The maximum Gasteiger partial charge on any atom is 0.325 e. The molecule has 7 heteroatoms. The second-order valence-electron chi connectivity index (χ2n) is 4.26. The van der Waals surface area contributed by atoms with E-state index in [4.69, 9.17) is 5.11 Å². The first-order chi connectivity index (χ1) is 9.49. The number of hydrogen-bond acceptors (Lipinski definition) is 4. The van der Waals surface area contributed by atoms with Crippen LogP contribution in [0.5, 0.6) is 0 Å². The summed E-state index contributed by atoms with van der Waals surface area (Å²) in [6.07, 6.45) is 3.23. The molecule has 3 N–H and O–H groups in total. The first-order valence-corrected chi connectivity index (χ1v) is 6.17. The molecule has 0 fully saturated rings. The number of carbonyl (C=O) groups excluding carboxylic acids is 2. The summed E-state index contributed by atoms with van der Waals surface area (Å²) >= 11 is 0. The van der Waals surface area contributed by atoms with E-state index in [-0.39, 0.29) is 18.7 Å². The molecule has 0 spiro atoms. The maximum atomic E-state index is 11.5. The second-order valence-corrected chi connectivity index (χ2v) is 4.26. The Morgan fingerprint density at radius 3 is 2.40 bits per heavy atom. The van der Waals surface area contributed by atoms with Crippen molar-refractivity contribution in [3.8, 4) is 0 Å². The molecular formula is C13H17N3O4. The maximum absolute atomic E-state index is 11.5. The van der Waals surface area contributed by atoms with Gasteiger partial charge in [0.05, 0.1) is 0 Å². The Bertz CT molecular complexity index is 476. The number of aromatic nitrogens is 1. The van der Waals surface area contributed by atoms with Crippen molar-refractivity contribution >= 4 is 17.8 Å². The van der Waals surface area contributed by atoms with Crippen LogP contribution in [0.25, 0.3) is 0 Å². The van der Waals surface area contributed by atoms with Crippen LogP contribution in [-0.2, 0) is 20.9 Å². The summed E-state index contributed by atoms with van der Waals surface area (Å²) in [5, 5.41) is 13.6. The number of carboxylic acid groups (broad SMARTS) is 1. The molecule has 1 heterocycles. The molecule has 2 amide bonds. The minimum atomic E-state index is -1.11. The Labute approximate surface area is 116 Å². The van der Waals surface area contributed by atoms with Gasteiger partial charge in [0.25, 0.3) is 0 Å². The van der Waals surface area contributed by atoms with Crippen molar-refractivity contribution in [3.05, 3.63) is 30.1 Å².